The molecule has 196 valence electrons. The molecule has 39 heavy (non-hydrogen) atoms. The van der Waals surface area contributed by atoms with Crippen molar-refractivity contribution in [3.8, 4) is 5.75 Å². The number of nitrogens with one attached hydrogen (secondary N) is 2. The molecule has 2 atom stereocenters. The molecule has 0 saturated heterocycles. The molecule has 0 aliphatic heterocycles. The lowest BCUT2D eigenvalue weighted by atomic mass is 9.94. The third-order valence-corrected chi connectivity index (χ3v) is 9.59. The molecule has 0 heterocycles. The second kappa shape index (κ2) is 12.7. The van der Waals surface area contributed by atoms with Gasteiger partial charge >= 0.3 is 0 Å². The summed E-state index contributed by atoms with van der Waals surface area (Å²) in [5, 5.41) is 9.05. The molecule has 4 nitrogen and oxygen atoms in total. The summed E-state index contributed by atoms with van der Waals surface area (Å²) < 4.78 is 20.5. The maximum atomic E-state index is 15.1. The highest BCUT2D eigenvalue weighted by molar-refractivity contribution is 7.76. The fourth-order valence-corrected chi connectivity index (χ4v) is 7.30. The summed E-state index contributed by atoms with van der Waals surface area (Å²) in [5.74, 6) is 0.828. The van der Waals surface area contributed by atoms with E-state index in [2.05, 4.69) is 46.8 Å². The van der Waals surface area contributed by atoms with Crippen molar-refractivity contribution in [3.63, 3.8) is 0 Å². The highest BCUT2D eigenvalue weighted by Gasteiger charge is 2.34. The van der Waals surface area contributed by atoms with Crippen molar-refractivity contribution in [2.75, 3.05) is 7.11 Å². The SMILES string of the molecule is COc1ccc(CN[C@H](c2ccccc2)[C@H](NP(=O)(c2ccccc2)c2ccccc2)c2ccccc2)cc1. The molecule has 0 aromatic heterocycles. The topological polar surface area (TPSA) is 50.4 Å². The van der Waals surface area contributed by atoms with Gasteiger partial charge in [-0.1, -0.05) is 109 Å². The monoisotopic (exact) mass is 532 g/mol. The standard InChI is InChI=1S/C34H33N2O2P/c1-38-30-24-22-27(23-25-30)26-35-33(28-14-6-2-7-15-28)34(29-16-8-3-9-17-29)36-39(37,31-18-10-4-11-19-31)32-20-12-5-13-21-32/h2-25,33-35H,26H2,1H3,(H,36,37)/t33-,34-/m1/s1. The minimum Gasteiger partial charge on any atom is -0.497 e. The van der Waals surface area contributed by atoms with E-state index in [1.807, 2.05) is 109 Å². The Kier molecular flexibility index (Phi) is 8.70. The number of hydrogen-bond acceptors (Lipinski definition) is 3. The van der Waals surface area contributed by atoms with Gasteiger partial charge in [0.2, 0.25) is 7.29 Å². The first-order valence-corrected chi connectivity index (χ1v) is 14.8. The Morgan fingerprint density at radius 1 is 0.590 bits per heavy atom. The summed E-state index contributed by atoms with van der Waals surface area (Å²) in [6.07, 6.45) is 0. The molecule has 0 spiro atoms. The molecular weight excluding hydrogens is 499 g/mol. The van der Waals surface area contributed by atoms with Gasteiger partial charge in [0, 0.05) is 17.2 Å². The summed E-state index contributed by atoms with van der Waals surface area (Å²) in [6.45, 7) is 0.634. The first-order valence-electron chi connectivity index (χ1n) is 13.1. The van der Waals surface area contributed by atoms with Gasteiger partial charge < -0.3 is 10.1 Å². The van der Waals surface area contributed by atoms with E-state index < -0.39 is 7.29 Å². The van der Waals surface area contributed by atoms with Crippen LogP contribution in [0.25, 0.3) is 0 Å². The average Bonchev–Trinajstić information content (AvgIpc) is 3.02. The van der Waals surface area contributed by atoms with E-state index in [4.69, 9.17) is 4.74 Å². The van der Waals surface area contributed by atoms with Crippen LogP contribution in [0.3, 0.4) is 0 Å². The summed E-state index contributed by atoms with van der Waals surface area (Å²) in [4.78, 5) is 0. The van der Waals surface area contributed by atoms with Crippen LogP contribution in [0.2, 0.25) is 0 Å². The van der Waals surface area contributed by atoms with E-state index in [1.54, 1.807) is 7.11 Å². The molecular formula is C34H33N2O2P. The van der Waals surface area contributed by atoms with Gasteiger partial charge in [-0.25, -0.2) is 0 Å². The fourth-order valence-electron chi connectivity index (χ4n) is 4.83. The Hall–Kier alpha value is -3.95. The second-order valence-electron chi connectivity index (χ2n) is 9.42. The molecule has 5 rings (SSSR count). The summed E-state index contributed by atoms with van der Waals surface area (Å²) in [7, 11) is -1.56. The number of methoxy groups -OCH3 is 1. The number of rotatable bonds is 11. The van der Waals surface area contributed by atoms with Crippen molar-refractivity contribution in [1.29, 1.82) is 0 Å². The van der Waals surface area contributed by atoms with Crippen molar-refractivity contribution in [2.24, 2.45) is 0 Å². The van der Waals surface area contributed by atoms with E-state index in [1.165, 1.54) is 0 Å². The van der Waals surface area contributed by atoms with Crippen LogP contribution in [0.5, 0.6) is 5.75 Å². The Morgan fingerprint density at radius 2 is 1.03 bits per heavy atom. The molecule has 0 unspecified atom stereocenters. The van der Waals surface area contributed by atoms with Crippen molar-refractivity contribution in [1.82, 2.24) is 10.4 Å². The Bertz CT molecular complexity index is 1440. The van der Waals surface area contributed by atoms with Gasteiger partial charge in [0.25, 0.3) is 0 Å². The van der Waals surface area contributed by atoms with Crippen LogP contribution in [-0.2, 0) is 11.1 Å². The number of benzene rings is 5. The van der Waals surface area contributed by atoms with E-state index >= 15 is 4.57 Å². The largest absolute Gasteiger partial charge is 0.497 e. The van der Waals surface area contributed by atoms with Gasteiger partial charge in [-0.2, -0.15) is 0 Å². The van der Waals surface area contributed by atoms with Crippen LogP contribution in [0.15, 0.2) is 146 Å². The predicted molar refractivity (Wildman–Crippen MR) is 161 cm³/mol. The van der Waals surface area contributed by atoms with Crippen molar-refractivity contribution >= 4 is 17.9 Å². The molecule has 0 radical (unpaired) electrons. The quantitative estimate of drug-likeness (QED) is 0.184. The molecule has 0 saturated carbocycles. The first-order chi connectivity index (χ1) is 19.2. The van der Waals surface area contributed by atoms with E-state index in [-0.39, 0.29) is 12.1 Å². The average molecular weight is 533 g/mol. The van der Waals surface area contributed by atoms with Crippen LogP contribution in [0, 0.1) is 0 Å². The normalized spacial score (nSPS) is 12.9. The van der Waals surface area contributed by atoms with Crippen LogP contribution < -0.4 is 25.8 Å². The van der Waals surface area contributed by atoms with E-state index in [0.717, 1.165) is 33.0 Å². The predicted octanol–water partition coefficient (Wildman–Crippen LogP) is 6.79. The van der Waals surface area contributed by atoms with Gasteiger partial charge in [0.05, 0.1) is 19.2 Å². The first kappa shape index (κ1) is 26.6. The van der Waals surface area contributed by atoms with Gasteiger partial charge in [0.15, 0.2) is 0 Å². The smallest absolute Gasteiger partial charge is 0.205 e. The summed E-state index contributed by atoms with van der Waals surface area (Å²) >= 11 is 0. The highest BCUT2D eigenvalue weighted by atomic mass is 31.2. The van der Waals surface area contributed by atoms with Crippen molar-refractivity contribution < 1.29 is 9.30 Å². The van der Waals surface area contributed by atoms with Crippen LogP contribution >= 0.6 is 7.29 Å². The Morgan fingerprint density at radius 3 is 1.49 bits per heavy atom. The Balaban J connectivity index is 1.59. The third kappa shape index (κ3) is 6.38. The molecule has 2 N–H and O–H groups in total. The van der Waals surface area contributed by atoms with Crippen LogP contribution in [-0.4, -0.2) is 7.11 Å². The zero-order valence-corrected chi connectivity index (χ0v) is 22.9. The fraction of sp³-hybridized carbons (Fsp3) is 0.118. The number of hydrogen-bond donors (Lipinski definition) is 2. The van der Waals surface area contributed by atoms with Gasteiger partial charge in [-0.15, -0.1) is 0 Å². The zero-order valence-electron chi connectivity index (χ0n) is 22.0. The molecule has 0 bridgehead atoms. The Labute approximate surface area is 231 Å². The lowest BCUT2D eigenvalue weighted by molar-refractivity contribution is 0.413. The molecule has 0 fully saturated rings. The van der Waals surface area contributed by atoms with Crippen molar-refractivity contribution in [2.45, 2.75) is 18.6 Å². The summed E-state index contributed by atoms with van der Waals surface area (Å²) in [5.41, 5.74) is 3.30. The zero-order chi connectivity index (χ0) is 26.9. The minimum atomic E-state index is -3.23. The van der Waals surface area contributed by atoms with E-state index in [0.29, 0.717) is 6.54 Å². The van der Waals surface area contributed by atoms with E-state index in [9.17, 15) is 0 Å². The van der Waals surface area contributed by atoms with Gasteiger partial charge in [-0.3, -0.25) is 9.65 Å². The minimum absolute atomic E-state index is 0.170. The third-order valence-electron chi connectivity index (χ3n) is 6.90. The van der Waals surface area contributed by atoms with Gasteiger partial charge in [0.1, 0.15) is 5.75 Å². The molecule has 0 amide bonds. The molecule has 5 aromatic carbocycles. The summed E-state index contributed by atoms with van der Waals surface area (Å²) in [6, 6.07) is 47.8. The lowest BCUT2D eigenvalue weighted by Gasteiger charge is -2.34. The second-order valence-corrected chi connectivity index (χ2v) is 11.9. The van der Waals surface area contributed by atoms with Gasteiger partial charge in [-0.05, 0) is 53.1 Å². The van der Waals surface area contributed by atoms with Crippen molar-refractivity contribution in [3.05, 3.63) is 162 Å². The molecule has 5 heteroatoms. The van der Waals surface area contributed by atoms with Crippen LogP contribution in [0.1, 0.15) is 28.8 Å². The molecule has 0 aliphatic carbocycles. The lowest BCUT2D eigenvalue weighted by Crippen LogP contribution is -2.38. The maximum Gasteiger partial charge on any atom is 0.205 e. The van der Waals surface area contributed by atoms with Crippen LogP contribution in [0.4, 0.5) is 0 Å². The maximum absolute atomic E-state index is 15.1. The molecule has 5 aromatic rings. The molecule has 0 aliphatic rings. The highest BCUT2D eigenvalue weighted by Crippen LogP contribution is 2.45. The number of ether oxygens (including phenoxy) is 1.